The Bertz CT molecular complexity index is 1740. The van der Waals surface area contributed by atoms with Crippen LogP contribution >= 0.6 is 46.3 Å². The lowest BCUT2D eigenvalue weighted by atomic mass is 9.82. The average molecular weight is 637 g/mol. The highest BCUT2D eigenvalue weighted by molar-refractivity contribution is 8.00. The van der Waals surface area contributed by atoms with E-state index in [9.17, 15) is 27.6 Å². The van der Waals surface area contributed by atoms with Crippen LogP contribution in [0.1, 0.15) is 27.5 Å². The van der Waals surface area contributed by atoms with Crippen molar-refractivity contribution in [3.05, 3.63) is 108 Å². The number of thioether (sulfide) groups is 1. The molecule has 0 aliphatic carbocycles. The van der Waals surface area contributed by atoms with E-state index in [1.807, 2.05) is 0 Å². The molecular formula is C28H17Cl2F3N2O4S2. The Labute approximate surface area is 249 Å². The number of benzene rings is 3. The summed E-state index contributed by atoms with van der Waals surface area (Å²) >= 11 is 14.3. The minimum absolute atomic E-state index is 0.154. The maximum atomic E-state index is 14.0. The van der Waals surface area contributed by atoms with Crippen molar-refractivity contribution in [1.82, 2.24) is 4.98 Å². The summed E-state index contributed by atoms with van der Waals surface area (Å²) in [5.41, 5.74) is 0.143. The van der Waals surface area contributed by atoms with Gasteiger partial charge >= 0.3 is 11.0 Å². The molecule has 41 heavy (non-hydrogen) atoms. The third kappa shape index (κ3) is 5.16. The average Bonchev–Trinajstić information content (AvgIpc) is 3.42. The fraction of sp³-hybridized carbons (Fsp3) is 0.179. The van der Waals surface area contributed by atoms with Crippen LogP contribution in [-0.2, 0) is 22.4 Å². The van der Waals surface area contributed by atoms with Gasteiger partial charge in [-0.1, -0.05) is 64.5 Å². The number of hydrogen-bond acceptors (Lipinski definition) is 6. The Morgan fingerprint density at radius 2 is 1.66 bits per heavy atom. The Balaban J connectivity index is 1.43. The Morgan fingerprint density at radius 3 is 2.39 bits per heavy atom. The predicted octanol–water partition coefficient (Wildman–Crippen LogP) is 7.14. The molecule has 0 radical (unpaired) electrons. The molecule has 3 atom stereocenters. The molecule has 6 rings (SSSR count). The number of rotatable bonds is 5. The van der Waals surface area contributed by atoms with Gasteiger partial charge in [0.05, 0.1) is 22.2 Å². The monoisotopic (exact) mass is 636 g/mol. The van der Waals surface area contributed by atoms with E-state index >= 15 is 0 Å². The minimum atomic E-state index is -4.66. The first-order valence-corrected chi connectivity index (χ1v) is 14.6. The fourth-order valence-electron chi connectivity index (χ4n) is 5.06. The molecule has 1 N–H and O–H groups in total. The van der Waals surface area contributed by atoms with E-state index in [1.165, 1.54) is 6.07 Å². The van der Waals surface area contributed by atoms with Crippen molar-refractivity contribution >= 4 is 63.8 Å². The van der Waals surface area contributed by atoms with E-state index in [-0.39, 0.29) is 17.2 Å². The molecule has 13 heteroatoms. The lowest BCUT2D eigenvalue weighted by Gasteiger charge is -2.31. The highest BCUT2D eigenvalue weighted by Gasteiger charge is 2.57. The van der Waals surface area contributed by atoms with E-state index < -0.39 is 40.6 Å². The lowest BCUT2D eigenvalue weighted by molar-refractivity contribution is -0.137. The summed E-state index contributed by atoms with van der Waals surface area (Å²) < 4.78 is 46.5. The van der Waals surface area contributed by atoms with E-state index in [2.05, 4.69) is 4.98 Å². The Hall–Kier alpha value is -3.25. The predicted molar refractivity (Wildman–Crippen MR) is 151 cm³/mol. The standard InChI is InChI=1S/C28H17Cl2F3N2O4S2/c29-15-6-4-13(5-7-15)12-39-19-9-8-16(30)11-18(19)20-21-23(40-24-22(20)41-27(38)34-24)26(37)35(25(21)36)17-3-1-2-14(10-17)28(31,32)33/h1-11,20-21,23H,12H2,(H,34,38)/t20-,21?,23?/m1/s1. The number of aromatic amines is 1. The largest absolute Gasteiger partial charge is 0.489 e. The van der Waals surface area contributed by atoms with Gasteiger partial charge in [0, 0.05) is 26.4 Å². The van der Waals surface area contributed by atoms with Gasteiger partial charge in [-0.3, -0.25) is 14.4 Å². The third-order valence-electron chi connectivity index (χ3n) is 6.87. The number of imide groups is 1. The first kappa shape index (κ1) is 27.9. The van der Waals surface area contributed by atoms with Gasteiger partial charge in [-0.2, -0.15) is 13.2 Å². The number of nitrogens with zero attached hydrogens (tertiary/aromatic N) is 1. The number of halogens is 5. The lowest BCUT2D eigenvalue weighted by Crippen LogP contribution is -2.32. The van der Waals surface area contributed by atoms with E-state index in [4.69, 9.17) is 27.9 Å². The van der Waals surface area contributed by atoms with Crippen molar-refractivity contribution in [3.63, 3.8) is 0 Å². The molecule has 2 unspecified atom stereocenters. The van der Waals surface area contributed by atoms with Crippen molar-refractivity contribution in [1.29, 1.82) is 0 Å². The highest BCUT2D eigenvalue weighted by atomic mass is 35.5. The molecule has 0 spiro atoms. The molecule has 1 fully saturated rings. The quantitative estimate of drug-likeness (QED) is 0.236. The van der Waals surface area contributed by atoms with Crippen LogP contribution in [-0.4, -0.2) is 22.0 Å². The second-order valence-corrected chi connectivity index (χ2v) is 12.4. The summed E-state index contributed by atoms with van der Waals surface area (Å²) in [6.45, 7) is 0.154. The molecule has 2 aliphatic heterocycles. The molecule has 6 nitrogen and oxygen atoms in total. The number of hydrogen-bond donors (Lipinski definition) is 1. The molecule has 1 saturated heterocycles. The van der Waals surface area contributed by atoms with Crippen LogP contribution in [0, 0.1) is 5.92 Å². The number of nitrogens with one attached hydrogen (secondary N) is 1. The summed E-state index contributed by atoms with van der Waals surface area (Å²) in [7, 11) is 0. The molecule has 0 saturated carbocycles. The van der Waals surface area contributed by atoms with Crippen LogP contribution < -0.4 is 14.5 Å². The van der Waals surface area contributed by atoms with Gasteiger partial charge in [0.1, 0.15) is 17.6 Å². The number of amides is 2. The summed E-state index contributed by atoms with van der Waals surface area (Å²) in [6, 6.07) is 16.0. The van der Waals surface area contributed by atoms with Crippen LogP contribution in [0.2, 0.25) is 10.0 Å². The number of alkyl halides is 3. The summed E-state index contributed by atoms with van der Waals surface area (Å²) in [4.78, 5) is 43.7. The molecule has 3 aromatic carbocycles. The van der Waals surface area contributed by atoms with Crippen molar-refractivity contribution in [3.8, 4) is 5.75 Å². The van der Waals surface area contributed by atoms with Gasteiger partial charge in [-0.25, -0.2) is 4.90 Å². The topological polar surface area (TPSA) is 79.5 Å². The van der Waals surface area contributed by atoms with E-state index in [1.54, 1.807) is 42.5 Å². The zero-order valence-corrected chi connectivity index (χ0v) is 23.7. The van der Waals surface area contributed by atoms with Gasteiger partial charge in [-0.15, -0.1) is 0 Å². The van der Waals surface area contributed by atoms with Crippen molar-refractivity contribution in [2.24, 2.45) is 5.92 Å². The van der Waals surface area contributed by atoms with Gasteiger partial charge in [0.15, 0.2) is 0 Å². The number of fused-ring (bicyclic) bond motifs is 2. The second kappa shape index (κ2) is 10.5. The van der Waals surface area contributed by atoms with Gasteiger partial charge in [-0.05, 0) is 54.1 Å². The molecule has 4 aromatic rings. The fourth-order valence-corrected chi connectivity index (χ4v) is 7.88. The zero-order valence-electron chi connectivity index (χ0n) is 20.6. The minimum Gasteiger partial charge on any atom is -0.489 e. The normalized spacial score (nSPS) is 20.2. The van der Waals surface area contributed by atoms with Crippen LogP contribution in [0.25, 0.3) is 0 Å². The van der Waals surface area contributed by atoms with Crippen LogP contribution in [0.15, 0.2) is 76.6 Å². The number of thiazole rings is 1. The number of carbonyl (C=O) groups excluding carboxylic acids is 2. The molecular weight excluding hydrogens is 620 g/mol. The van der Waals surface area contributed by atoms with Crippen molar-refractivity contribution in [2.45, 2.75) is 29.0 Å². The third-order valence-corrected chi connectivity index (χ3v) is 9.76. The number of H-pyrrole nitrogens is 1. The van der Waals surface area contributed by atoms with Crippen LogP contribution in [0.4, 0.5) is 18.9 Å². The smallest absolute Gasteiger partial charge is 0.416 e. The van der Waals surface area contributed by atoms with Crippen LogP contribution in [0.5, 0.6) is 5.75 Å². The Morgan fingerprint density at radius 1 is 0.927 bits per heavy atom. The molecule has 210 valence electrons. The number of carbonyl (C=O) groups is 2. The molecule has 2 amide bonds. The summed E-state index contributed by atoms with van der Waals surface area (Å²) in [6.07, 6.45) is -4.66. The Kier molecular flexibility index (Phi) is 7.17. The number of ether oxygens (including phenoxy) is 1. The zero-order chi connectivity index (χ0) is 29.1. The second-order valence-electron chi connectivity index (χ2n) is 9.41. The van der Waals surface area contributed by atoms with E-state index in [0.29, 0.717) is 31.3 Å². The number of anilines is 1. The molecule has 3 heterocycles. The van der Waals surface area contributed by atoms with Gasteiger partial charge in [0.2, 0.25) is 11.8 Å². The molecule has 0 bridgehead atoms. The maximum absolute atomic E-state index is 14.0. The molecule has 1 aromatic heterocycles. The van der Waals surface area contributed by atoms with E-state index in [0.717, 1.165) is 51.8 Å². The van der Waals surface area contributed by atoms with Crippen LogP contribution in [0.3, 0.4) is 0 Å². The van der Waals surface area contributed by atoms with Crippen molar-refractivity contribution in [2.75, 3.05) is 4.90 Å². The first-order chi connectivity index (χ1) is 19.5. The summed E-state index contributed by atoms with van der Waals surface area (Å²) in [5.74, 6) is -2.82. The van der Waals surface area contributed by atoms with Crippen molar-refractivity contribution < 1.29 is 27.5 Å². The molecule has 2 aliphatic rings. The first-order valence-electron chi connectivity index (χ1n) is 12.1. The maximum Gasteiger partial charge on any atom is 0.416 e. The van der Waals surface area contributed by atoms with Gasteiger partial charge in [0.25, 0.3) is 0 Å². The number of aromatic nitrogens is 1. The highest BCUT2D eigenvalue weighted by Crippen LogP contribution is 2.55. The van der Waals surface area contributed by atoms with Gasteiger partial charge < -0.3 is 9.72 Å². The SMILES string of the molecule is O=C1C2Sc3[nH]c(=O)sc3[C@H](c3cc(Cl)ccc3OCc3ccc(Cl)cc3)C2C(=O)N1c1cccc(C(F)(F)F)c1. The summed E-state index contributed by atoms with van der Waals surface area (Å²) in [5, 5.41) is 0.325.